The Morgan fingerprint density at radius 1 is 1.09 bits per heavy atom. The largest absolute Gasteiger partial charge is 0.497 e. The van der Waals surface area contributed by atoms with Crippen molar-refractivity contribution in [3.63, 3.8) is 0 Å². The maximum atomic E-state index is 5.16. The van der Waals surface area contributed by atoms with Crippen LogP contribution in [-0.4, -0.2) is 33.2 Å². The molecule has 0 radical (unpaired) electrons. The third-order valence-corrected chi connectivity index (χ3v) is 4.27. The van der Waals surface area contributed by atoms with Gasteiger partial charge in [0.15, 0.2) is 5.96 Å². The summed E-state index contributed by atoms with van der Waals surface area (Å²) in [6, 6.07) is 12.4. The van der Waals surface area contributed by atoms with Gasteiger partial charge in [-0.3, -0.25) is 4.99 Å². The first-order valence-corrected chi connectivity index (χ1v) is 8.29. The van der Waals surface area contributed by atoms with Crippen LogP contribution in [0.3, 0.4) is 0 Å². The lowest BCUT2D eigenvalue weighted by molar-refractivity contribution is 0.414. The lowest BCUT2D eigenvalue weighted by atomic mass is 10.1. The highest BCUT2D eigenvalue weighted by Crippen LogP contribution is 2.11. The van der Waals surface area contributed by atoms with Crippen molar-refractivity contribution < 1.29 is 4.74 Å². The van der Waals surface area contributed by atoms with Gasteiger partial charge in [-0.05, 0) is 42.0 Å². The van der Waals surface area contributed by atoms with Gasteiger partial charge < -0.3 is 15.4 Å². The van der Waals surface area contributed by atoms with E-state index in [4.69, 9.17) is 4.74 Å². The van der Waals surface area contributed by atoms with Crippen molar-refractivity contribution in [2.45, 2.75) is 12.8 Å². The fourth-order valence-corrected chi connectivity index (χ4v) is 2.81. The van der Waals surface area contributed by atoms with Gasteiger partial charge in [0.05, 0.1) is 7.11 Å². The zero-order chi connectivity index (χ0) is 15.6. The van der Waals surface area contributed by atoms with Crippen molar-refractivity contribution in [1.29, 1.82) is 0 Å². The first-order valence-electron chi connectivity index (χ1n) is 7.41. The Morgan fingerprint density at radius 3 is 2.35 bits per heavy atom. The normalized spacial score (nSPS) is 10.8. The highest BCUT2D eigenvalue weighted by Gasteiger charge is 1.99. The van der Waals surface area contributed by atoms with E-state index in [1.54, 1.807) is 25.5 Å². The van der Waals surface area contributed by atoms with Crippen LogP contribution in [0.25, 0.3) is 0 Å². The number of hydrogen-bond acceptors (Lipinski definition) is 3. The number of benzene rings is 1. The van der Waals surface area contributed by atoms with Crippen LogP contribution in [0, 0.1) is 0 Å². The molecule has 0 aliphatic carbocycles. The SMILES string of the molecule is CN=C(NCCc1ccc(OC)cc1)NCCc1cccs1.I. The monoisotopic (exact) mass is 445 g/mol. The number of guanidine groups is 1. The third-order valence-electron chi connectivity index (χ3n) is 3.33. The van der Waals surface area contributed by atoms with E-state index in [0.717, 1.165) is 37.6 Å². The molecule has 4 nitrogen and oxygen atoms in total. The maximum absolute atomic E-state index is 5.16. The summed E-state index contributed by atoms with van der Waals surface area (Å²) >= 11 is 1.79. The number of ether oxygens (including phenoxy) is 1. The van der Waals surface area contributed by atoms with Crippen molar-refractivity contribution in [3.8, 4) is 5.75 Å². The predicted octanol–water partition coefficient (Wildman–Crippen LogP) is 3.32. The van der Waals surface area contributed by atoms with Crippen molar-refractivity contribution in [3.05, 3.63) is 52.2 Å². The smallest absolute Gasteiger partial charge is 0.190 e. The molecule has 0 saturated carbocycles. The summed E-state index contributed by atoms with van der Waals surface area (Å²) in [7, 11) is 3.48. The first kappa shape index (κ1) is 19.8. The van der Waals surface area contributed by atoms with Crippen molar-refractivity contribution >= 4 is 41.3 Å². The van der Waals surface area contributed by atoms with Gasteiger partial charge in [0, 0.05) is 25.0 Å². The molecule has 1 aromatic carbocycles. The van der Waals surface area contributed by atoms with E-state index in [0.29, 0.717) is 0 Å². The molecule has 0 saturated heterocycles. The standard InChI is InChI=1S/C17H23N3OS.HI/c1-18-17(20-12-10-16-4-3-13-22-16)19-11-9-14-5-7-15(21-2)8-6-14;/h3-8,13H,9-12H2,1-2H3,(H2,18,19,20);1H. The molecule has 1 heterocycles. The van der Waals surface area contributed by atoms with E-state index >= 15 is 0 Å². The molecule has 0 unspecified atom stereocenters. The number of rotatable bonds is 7. The van der Waals surface area contributed by atoms with E-state index in [1.807, 2.05) is 12.1 Å². The van der Waals surface area contributed by atoms with Gasteiger partial charge in [-0.2, -0.15) is 0 Å². The van der Waals surface area contributed by atoms with Crippen molar-refractivity contribution in [2.75, 3.05) is 27.2 Å². The minimum absolute atomic E-state index is 0. The highest BCUT2D eigenvalue weighted by atomic mass is 127. The van der Waals surface area contributed by atoms with Crippen LogP contribution in [0.5, 0.6) is 5.75 Å². The molecule has 2 aromatic rings. The zero-order valence-corrected chi connectivity index (χ0v) is 16.7. The molecule has 1 aromatic heterocycles. The molecule has 0 spiro atoms. The Hall–Kier alpha value is -1.28. The summed E-state index contributed by atoms with van der Waals surface area (Å²) in [5, 5.41) is 8.78. The highest BCUT2D eigenvalue weighted by molar-refractivity contribution is 14.0. The van der Waals surface area contributed by atoms with Crippen LogP contribution in [-0.2, 0) is 12.8 Å². The molecule has 0 fully saturated rings. The Kier molecular flexibility index (Phi) is 9.70. The van der Waals surface area contributed by atoms with Gasteiger partial charge in [0.1, 0.15) is 5.75 Å². The molecule has 126 valence electrons. The lowest BCUT2D eigenvalue weighted by Gasteiger charge is -2.11. The summed E-state index contributed by atoms with van der Waals surface area (Å²) in [5.74, 6) is 1.74. The average molecular weight is 445 g/mol. The maximum Gasteiger partial charge on any atom is 0.190 e. The Bertz CT molecular complexity index is 570. The topological polar surface area (TPSA) is 45.7 Å². The molecule has 23 heavy (non-hydrogen) atoms. The van der Waals surface area contributed by atoms with E-state index in [1.165, 1.54) is 10.4 Å². The van der Waals surface area contributed by atoms with Crippen LogP contribution in [0.1, 0.15) is 10.4 Å². The van der Waals surface area contributed by atoms with Crippen LogP contribution in [0.15, 0.2) is 46.8 Å². The summed E-state index contributed by atoms with van der Waals surface area (Å²) in [6.45, 7) is 1.74. The molecular formula is C17H24IN3OS. The fraction of sp³-hybridized carbons (Fsp3) is 0.353. The average Bonchev–Trinajstić information content (AvgIpc) is 3.07. The van der Waals surface area contributed by atoms with E-state index in [2.05, 4.69) is 45.3 Å². The second kappa shape index (κ2) is 11.3. The van der Waals surface area contributed by atoms with Crippen LogP contribution in [0.2, 0.25) is 0 Å². The Balaban J connectivity index is 0.00000264. The number of aliphatic imine (C=N–C) groups is 1. The molecule has 0 atom stereocenters. The van der Waals surface area contributed by atoms with Gasteiger partial charge in [0.2, 0.25) is 0 Å². The van der Waals surface area contributed by atoms with Crippen molar-refractivity contribution in [2.24, 2.45) is 4.99 Å². The molecule has 2 N–H and O–H groups in total. The lowest BCUT2D eigenvalue weighted by Crippen LogP contribution is -2.39. The molecule has 2 rings (SSSR count). The van der Waals surface area contributed by atoms with E-state index in [9.17, 15) is 0 Å². The summed E-state index contributed by atoms with van der Waals surface area (Å²) in [5.41, 5.74) is 1.28. The number of nitrogens with zero attached hydrogens (tertiary/aromatic N) is 1. The summed E-state index contributed by atoms with van der Waals surface area (Å²) < 4.78 is 5.16. The Morgan fingerprint density at radius 2 is 1.78 bits per heavy atom. The van der Waals surface area contributed by atoms with E-state index in [-0.39, 0.29) is 24.0 Å². The number of nitrogens with one attached hydrogen (secondary N) is 2. The minimum Gasteiger partial charge on any atom is -0.497 e. The third kappa shape index (κ3) is 7.22. The van der Waals surface area contributed by atoms with Gasteiger partial charge in [0.25, 0.3) is 0 Å². The Labute approximate surface area is 159 Å². The second-order valence-corrected chi connectivity index (χ2v) is 5.89. The van der Waals surface area contributed by atoms with Gasteiger partial charge in [-0.15, -0.1) is 35.3 Å². The van der Waals surface area contributed by atoms with Gasteiger partial charge in [-0.1, -0.05) is 18.2 Å². The van der Waals surface area contributed by atoms with Gasteiger partial charge >= 0.3 is 0 Å². The van der Waals surface area contributed by atoms with Crippen LogP contribution < -0.4 is 15.4 Å². The molecule has 0 amide bonds. The van der Waals surface area contributed by atoms with E-state index < -0.39 is 0 Å². The fourth-order valence-electron chi connectivity index (χ4n) is 2.10. The van der Waals surface area contributed by atoms with Crippen LogP contribution >= 0.6 is 35.3 Å². The van der Waals surface area contributed by atoms with Crippen molar-refractivity contribution in [1.82, 2.24) is 10.6 Å². The number of halogens is 1. The molecule has 0 aliphatic rings. The predicted molar refractivity (Wildman–Crippen MR) is 110 cm³/mol. The summed E-state index contributed by atoms with van der Waals surface area (Å²) in [6.07, 6.45) is 1.98. The number of hydrogen-bond donors (Lipinski definition) is 2. The van der Waals surface area contributed by atoms with Gasteiger partial charge in [-0.25, -0.2) is 0 Å². The number of methoxy groups -OCH3 is 1. The second-order valence-electron chi connectivity index (χ2n) is 4.85. The summed E-state index contributed by atoms with van der Waals surface area (Å²) in [4.78, 5) is 5.63. The molecule has 6 heteroatoms. The molecule has 0 bridgehead atoms. The quantitative estimate of drug-likeness (QED) is 0.391. The zero-order valence-electron chi connectivity index (χ0n) is 13.5. The van der Waals surface area contributed by atoms with Crippen LogP contribution in [0.4, 0.5) is 0 Å². The number of thiophene rings is 1. The molecule has 0 aliphatic heterocycles. The molecular weight excluding hydrogens is 421 g/mol. The first-order chi connectivity index (χ1) is 10.8. The minimum atomic E-state index is 0.